The van der Waals surface area contributed by atoms with E-state index in [1.165, 1.54) is 16.2 Å². The van der Waals surface area contributed by atoms with Crippen molar-refractivity contribution in [2.45, 2.75) is 32.2 Å². The maximum absolute atomic E-state index is 12.8. The fourth-order valence-corrected chi connectivity index (χ4v) is 4.66. The molecule has 1 aromatic rings. The summed E-state index contributed by atoms with van der Waals surface area (Å²) in [5, 5.41) is 0. The van der Waals surface area contributed by atoms with Crippen LogP contribution in [0.4, 0.5) is 5.69 Å². The second-order valence-electron chi connectivity index (χ2n) is 8.21. The highest BCUT2D eigenvalue weighted by Crippen LogP contribution is 2.31. The summed E-state index contributed by atoms with van der Waals surface area (Å²) in [6.45, 7) is 8.34. The second kappa shape index (κ2) is 7.89. The largest absolute Gasteiger partial charge is 0.359 e. The first kappa shape index (κ1) is 18.3. The molecule has 0 radical (unpaired) electrons. The van der Waals surface area contributed by atoms with Gasteiger partial charge in [-0.25, -0.2) is 0 Å². The Balaban J connectivity index is 1.27. The zero-order valence-electron chi connectivity index (χ0n) is 16.3. The Bertz CT molecular complexity index is 693. The van der Waals surface area contributed by atoms with E-state index in [1.54, 1.807) is 0 Å². The van der Waals surface area contributed by atoms with Gasteiger partial charge in [-0.3, -0.25) is 9.59 Å². The normalized spacial score (nSPS) is 23.0. The molecule has 2 saturated heterocycles. The van der Waals surface area contributed by atoms with Crippen molar-refractivity contribution in [3.05, 3.63) is 29.8 Å². The van der Waals surface area contributed by atoms with Crippen LogP contribution in [0, 0.1) is 0 Å². The lowest BCUT2D eigenvalue weighted by molar-refractivity contribution is -0.896. The van der Waals surface area contributed by atoms with E-state index in [0.29, 0.717) is 19.1 Å². The van der Waals surface area contributed by atoms with Crippen LogP contribution < -0.4 is 9.80 Å². The lowest BCUT2D eigenvalue weighted by Gasteiger charge is -2.34. The molecule has 6 heteroatoms. The number of benzene rings is 1. The van der Waals surface area contributed by atoms with Gasteiger partial charge in [0.15, 0.2) is 6.54 Å². The summed E-state index contributed by atoms with van der Waals surface area (Å²) in [5.74, 6) is 0.494. The van der Waals surface area contributed by atoms with Crippen molar-refractivity contribution >= 4 is 17.5 Å². The smallest absolute Gasteiger partial charge is 0.277 e. The van der Waals surface area contributed by atoms with Crippen molar-refractivity contribution in [1.29, 1.82) is 0 Å². The zero-order valence-corrected chi connectivity index (χ0v) is 16.3. The van der Waals surface area contributed by atoms with Crippen molar-refractivity contribution in [2.24, 2.45) is 0 Å². The minimum Gasteiger partial charge on any atom is -0.359 e. The van der Waals surface area contributed by atoms with Crippen LogP contribution in [0.15, 0.2) is 24.3 Å². The van der Waals surface area contributed by atoms with Gasteiger partial charge in [-0.05, 0) is 37.8 Å². The van der Waals surface area contributed by atoms with Gasteiger partial charge >= 0.3 is 0 Å². The lowest BCUT2D eigenvalue weighted by atomic mass is 10.1. The highest BCUT2D eigenvalue weighted by Gasteiger charge is 2.31. The molecule has 3 heterocycles. The Morgan fingerprint density at radius 1 is 1.00 bits per heavy atom. The quantitative estimate of drug-likeness (QED) is 0.797. The van der Waals surface area contributed by atoms with Crippen molar-refractivity contribution in [2.75, 3.05) is 57.3 Å². The first-order chi connectivity index (χ1) is 13.1. The summed E-state index contributed by atoms with van der Waals surface area (Å²) in [4.78, 5) is 32.7. The van der Waals surface area contributed by atoms with E-state index < -0.39 is 0 Å². The van der Waals surface area contributed by atoms with Gasteiger partial charge < -0.3 is 19.6 Å². The van der Waals surface area contributed by atoms with E-state index >= 15 is 0 Å². The molecule has 0 saturated carbocycles. The molecule has 1 aromatic carbocycles. The second-order valence-corrected chi connectivity index (χ2v) is 8.21. The first-order valence-electron chi connectivity index (χ1n) is 10.4. The highest BCUT2D eigenvalue weighted by atomic mass is 16.2. The summed E-state index contributed by atoms with van der Waals surface area (Å²) < 4.78 is 0. The molecule has 0 bridgehead atoms. The van der Waals surface area contributed by atoms with E-state index in [-0.39, 0.29) is 11.8 Å². The number of nitrogens with one attached hydrogen (secondary N) is 1. The third-order valence-electron chi connectivity index (χ3n) is 6.34. The van der Waals surface area contributed by atoms with E-state index in [0.717, 1.165) is 58.5 Å². The summed E-state index contributed by atoms with van der Waals surface area (Å²) >= 11 is 0. The minimum atomic E-state index is 0.212. The number of likely N-dealkylation sites (tertiary alicyclic amines) is 1. The molecule has 27 heavy (non-hydrogen) atoms. The zero-order chi connectivity index (χ0) is 18.8. The van der Waals surface area contributed by atoms with Crippen LogP contribution in [0.2, 0.25) is 0 Å². The van der Waals surface area contributed by atoms with Crippen molar-refractivity contribution in [3.63, 3.8) is 0 Å². The van der Waals surface area contributed by atoms with Crippen molar-refractivity contribution in [1.82, 2.24) is 9.80 Å². The fraction of sp³-hybridized carbons (Fsp3) is 0.619. The summed E-state index contributed by atoms with van der Waals surface area (Å²) in [6.07, 6.45) is 3.29. The van der Waals surface area contributed by atoms with Crippen LogP contribution in [0.1, 0.15) is 25.3 Å². The molecule has 3 aliphatic heterocycles. The standard InChI is InChI=1S/C21H30N4O2/c1-17-14-18-6-2-3-7-19(18)25(17)16-21(27)24-12-10-22(11-13-24)15-20(26)23-8-4-5-9-23/h2-3,6-7,17H,4-5,8-16H2,1H3/p+1/t17-/m1/s1. The SMILES string of the molecule is C[C@@H]1Cc2ccccc2N1CC(=O)N1CC[NH+](CC(=O)N2CCCC2)CC1. The summed E-state index contributed by atoms with van der Waals surface area (Å²) in [7, 11) is 0. The van der Waals surface area contributed by atoms with Gasteiger partial charge in [0.05, 0.1) is 32.7 Å². The monoisotopic (exact) mass is 371 g/mol. The van der Waals surface area contributed by atoms with Crippen LogP contribution in [-0.4, -0.2) is 80.0 Å². The molecule has 6 nitrogen and oxygen atoms in total. The molecule has 4 rings (SSSR count). The van der Waals surface area contributed by atoms with Gasteiger partial charge in [0.25, 0.3) is 5.91 Å². The molecule has 0 unspecified atom stereocenters. The number of nitrogens with zero attached hydrogens (tertiary/aromatic N) is 3. The third kappa shape index (κ3) is 3.95. The van der Waals surface area contributed by atoms with Crippen LogP contribution in [0.3, 0.4) is 0 Å². The Kier molecular flexibility index (Phi) is 5.34. The molecule has 0 aliphatic carbocycles. The number of amides is 2. The van der Waals surface area contributed by atoms with Gasteiger partial charge in [0.1, 0.15) is 0 Å². The Labute approximate surface area is 161 Å². The van der Waals surface area contributed by atoms with Crippen molar-refractivity contribution in [3.8, 4) is 0 Å². The molecule has 3 aliphatic rings. The van der Waals surface area contributed by atoms with Gasteiger partial charge in [-0.2, -0.15) is 0 Å². The Hall–Kier alpha value is -2.08. The van der Waals surface area contributed by atoms with Gasteiger partial charge in [-0.15, -0.1) is 0 Å². The average molecular weight is 372 g/mol. The number of anilines is 1. The number of hydrogen-bond donors (Lipinski definition) is 1. The number of fused-ring (bicyclic) bond motifs is 1. The van der Waals surface area contributed by atoms with Crippen LogP contribution in [0.25, 0.3) is 0 Å². The van der Waals surface area contributed by atoms with E-state index in [2.05, 4.69) is 30.0 Å². The van der Waals surface area contributed by atoms with E-state index in [9.17, 15) is 9.59 Å². The summed E-state index contributed by atoms with van der Waals surface area (Å²) in [5.41, 5.74) is 2.55. The van der Waals surface area contributed by atoms with Crippen LogP contribution in [-0.2, 0) is 16.0 Å². The van der Waals surface area contributed by atoms with Crippen molar-refractivity contribution < 1.29 is 14.5 Å². The van der Waals surface area contributed by atoms with Crippen LogP contribution in [0.5, 0.6) is 0 Å². The van der Waals surface area contributed by atoms with Gasteiger partial charge in [-0.1, -0.05) is 18.2 Å². The molecule has 0 aromatic heterocycles. The number of carbonyl (C=O) groups is 2. The predicted molar refractivity (Wildman–Crippen MR) is 105 cm³/mol. The van der Waals surface area contributed by atoms with Gasteiger partial charge in [0.2, 0.25) is 5.91 Å². The maximum Gasteiger partial charge on any atom is 0.277 e. The first-order valence-corrected chi connectivity index (χ1v) is 10.4. The molecular weight excluding hydrogens is 340 g/mol. The number of hydrogen-bond acceptors (Lipinski definition) is 3. The predicted octanol–water partition coefficient (Wildman–Crippen LogP) is -0.213. The molecule has 2 amide bonds. The Morgan fingerprint density at radius 3 is 2.41 bits per heavy atom. The number of para-hydroxylation sites is 1. The molecule has 2 fully saturated rings. The number of rotatable bonds is 4. The van der Waals surface area contributed by atoms with E-state index in [4.69, 9.17) is 0 Å². The summed E-state index contributed by atoms with van der Waals surface area (Å²) in [6, 6.07) is 8.78. The Morgan fingerprint density at radius 2 is 1.67 bits per heavy atom. The molecule has 146 valence electrons. The molecule has 1 atom stereocenters. The third-order valence-corrected chi connectivity index (χ3v) is 6.34. The number of carbonyl (C=O) groups excluding carboxylic acids is 2. The fourth-order valence-electron chi connectivity index (χ4n) is 4.66. The number of quaternary nitrogens is 1. The molecular formula is C21H31N4O2+. The topological polar surface area (TPSA) is 48.3 Å². The minimum absolute atomic E-state index is 0.212. The molecule has 1 N–H and O–H groups in total. The maximum atomic E-state index is 12.8. The van der Waals surface area contributed by atoms with Gasteiger partial charge in [0, 0.05) is 24.8 Å². The average Bonchev–Trinajstić information content (AvgIpc) is 3.31. The highest BCUT2D eigenvalue weighted by molar-refractivity contribution is 5.83. The molecule has 0 spiro atoms. The number of piperazine rings is 1. The lowest BCUT2D eigenvalue weighted by Crippen LogP contribution is -3.15. The van der Waals surface area contributed by atoms with E-state index in [1.807, 2.05) is 15.9 Å². The van der Waals surface area contributed by atoms with Crippen LogP contribution >= 0.6 is 0 Å².